The Kier molecular flexibility index (Phi) is 4.48. The third-order valence-electron chi connectivity index (χ3n) is 3.34. The van der Waals surface area contributed by atoms with Crippen molar-refractivity contribution in [1.29, 1.82) is 0 Å². The minimum Gasteiger partial charge on any atom is -0.497 e. The third-order valence-corrected chi connectivity index (χ3v) is 3.59. The van der Waals surface area contributed by atoms with Crippen LogP contribution in [0, 0.1) is 0 Å². The van der Waals surface area contributed by atoms with Crippen molar-refractivity contribution < 1.29 is 14.0 Å². The summed E-state index contributed by atoms with van der Waals surface area (Å²) in [4.78, 5) is 4.43. The van der Waals surface area contributed by atoms with Crippen LogP contribution < -0.4 is 9.47 Å². The molecule has 0 atom stereocenters. The second-order valence-corrected chi connectivity index (χ2v) is 5.36. The summed E-state index contributed by atoms with van der Waals surface area (Å²) in [6.45, 7) is 0. The average Bonchev–Trinajstić information content (AvgIpc) is 3.05. The summed E-state index contributed by atoms with van der Waals surface area (Å²) in [5, 5.41) is 4.72. The molecule has 0 radical (unpaired) electrons. The number of nitrogens with zero attached hydrogens (tertiary/aromatic N) is 2. The van der Waals surface area contributed by atoms with Crippen molar-refractivity contribution in [2.24, 2.45) is 0 Å². The number of rotatable bonds is 5. The van der Waals surface area contributed by atoms with Crippen LogP contribution in [-0.4, -0.2) is 24.4 Å². The lowest BCUT2D eigenvalue weighted by Crippen LogP contribution is -1.91. The minimum atomic E-state index is 0.422. The van der Waals surface area contributed by atoms with E-state index >= 15 is 0 Å². The van der Waals surface area contributed by atoms with Crippen molar-refractivity contribution in [2.75, 3.05) is 14.2 Å². The third kappa shape index (κ3) is 3.63. The monoisotopic (exact) mass is 330 g/mol. The van der Waals surface area contributed by atoms with Crippen molar-refractivity contribution >= 4 is 11.6 Å². The van der Waals surface area contributed by atoms with E-state index in [2.05, 4.69) is 10.1 Å². The fraction of sp³-hybridized carbons (Fsp3) is 0.176. The largest absolute Gasteiger partial charge is 0.497 e. The Morgan fingerprint density at radius 3 is 2.26 bits per heavy atom. The summed E-state index contributed by atoms with van der Waals surface area (Å²) in [5.41, 5.74) is 1.81. The number of hydrogen-bond acceptors (Lipinski definition) is 5. The van der Waals surface area contributed by atoms with E-state index < -0.39 is 0 Å². The molecule has 0 saturated carbocycles. The van der Waals surface area contributed by atoms with E-state index in [4.69, 9.17) is 25.6 Å². The number of aromatic nitrogens is 2. The summed E-state index contributed by atoms with van der Waals surface area (Å²) in [6.07, 6.45) is 0.571. The van der Waals surface area contributed by atoms with Crippen LogP contribution in [0.25, 0.3) is 11.5 Å². The summed E-state index contributed by atoms with van der Waals surface area (Å²) in [7, 11) is 3.19. The predicted octanol–water partition coefficient (Wildman–Crippen LogP) is 4.00. The Balaban J connectivity index is 1.85. The van der Waals surface area contributed by atoms with Crippen LogP contribution in [0.1, 0.15) is 11.4 Å². The van der Waals surface area contributed by atoms with E-state index in [9.17, 15) is 0 Å². The molecule has 0 bridgehead atoms. The zero-order valence-electron chi connectivity index (χ0n) is 12.7. The van der Waals surface area contributed by atoms with Crippen LogP contribution in [0.4, 0.5) is 0 Å². The summed E-state index contributed by atoms with van der Waals surface area (Å²) in [5.74, 6) is 2.35. The normalized spacial score (nSPS) is 10.6. The van der Waals surface area contributed by atoms with E-state index in [1.165, 1.54) is 0 Å². The van der Waals surface area contributed by atoms with Crippen molar-refractivity contribution in [3.05, 3.63) is 58.9 Å². The number of ether oxygens (including phenoxy) is 2. The van der Waals surface area contributed by atoms with E-state index in [1.54, 1.807) is 20.3 Å². The van der Waals surface area contributed by atoms with Gasteiger partial charge in [0.05, 0.1) is 14.2 Å². The quantitative estimate of drug-likeness (QED) is 0.707. The average molecular weight is 331 g/mol. The number of methoxy groups -OCH3 is 2. The Morgan fingerprint density at radius 2 is 1.65 bits per heavy atom. The molecule has 5 nitrogen and oxygen atoms in total. The van der Waals surface area contributed by atoms with Gasteiger partial charge in [-0.2, -0.15) is 4.98 Å². The van der Waals surface area contributed by atoms with Gasteiger partial charge in [-0.3, -0.25) is 0 Å². The molecule has 2 aromatic carbocycles. The van der Waals surface area contributed by atoms with E-state index in [1.807, 2.05) is 36.4 Å². The minimum absolute atomic E-state index is 0.422. The maximum absolute atomic E-state index is 5.88. The second-order valence-electron chi connectivity index (χ2n) is 4.92. The molecule has 0 aliphatic heterocycles. The molecule has 0 unspecified atom stereocenters. The molecule has 6 heteroatoms. The van der Waals surface area contributed by atoms with Gasteiger partial charge < -0.3 is 14.0 Å². The first-order valence-corrected chi connectivity index (χ1v) is 7.36. The SMILES string of the molecule is COc1cc(OC)cc(-c2nc(Cc3ccc(Cl)cc3)no2)c1. The van der Waals surface area contributed by atoms with Crippen molar-refractivity contribution in [3.63, 3.8) is 0 Å². The first kappa shape index (κ1) is 15.4. The number of benzene rings is 2. The lowest BCUT2D eigenvalue weighted by Gasteiger charge is -2.05. The maximum atomic E-state index is 5.88. The van der Waals surface area contributed by atoms with Crippen molar-refractivity contribution in [2.45, 2.75) is 6.42 Å². The first-order valence-electron chi connectivity index (χ1n) is 6.98. The van der Waals surface area contributed by atoms with Gasteiger partial charge in [-0.05, 0) is 29.8 Å². The van der Waals surface area contributed by atoms with Crippen LogP contribution in [0.15, 0.2) is 47.0 Å². The topological polar surface area (TPSA) is 57.4 Å². The summed E-state index contributed by atoms with van der Waals surface area (Å²) < 4.78 is 15.8. The van der Waals surface area contributed by atoms with Gasteiger partial charge in [-0.1, -0.05) is 28.9 Å². The zero-order valence-corrected chi connectivity index (χ0v) is 13.5. The molecule has 3 aromatic rings. The summed E-state index contributed by atoms with van der Waals surface area (Å²) >= 11 is 5.88. The van der Waals surface area contributed by atoms with Gasteiger partial charge in [0.1, 0.15) is 11.5 Å². The molecule has 0 N–H and O–H groups in total. The van der Waals surface area contributed by atoms with Crippen molar-refractivity contribution in [1.82, 2.24) is 10.1 Å². The summed E-state index contributed by atoms with van der Waals surface area (Å²) in [6, 6.07) is 13.0. The Bertz CT molecular complexity index is 778. The van der Waals surface area contributed by atoms with Crippen LogP contribution in [0.5, 0.6) is 11.5 Å². The Labute approximate surface area is 138 Å². The van der Waals surface area contributed by atoms with Gasteiger partial charge in [-0.15, -0.1) is 0 Å². The van der Waals surface area contributed by atoms with Gasteiger partial charge in [0.25, 0.3) is 5.89 Å². The molecule has 1 aromatic heterocycles. The maximum Gasteiger partial charge on any atom is 0.258 e. The first-order chi connectivity index (χ1) is 11.2. The molecule has 0 amide bonds. The van der Waals surface area contributed by atoms with E-state index in [0.717, 1.165) is 11.1 Å². The van der Waals surface area contributed by atoms with Gasteiger partial charge in [0.15, 0.2) is 5.82 Å². The molecule has 3 rings (SSSR count). The standard InChI is InChI=1S/C17H15ClN2O3/c1-21-14-8-12(9-15(10-14)22-2)17-19-16(20-23-17)7-11-3-5-13(18)6-4-11/h3-6,8-10H,7H2,1-2H3. The molecule has 0 fully saturated rings. The molecule has 0 spiro atoms. The van der Waals surface area contributed by atoms with Crippen LogP contribution in [0.2, 0.25) is 5.02 Å². The lowest BCUT2D eigenvalue weighted by molar-refractivity contribution is 0.393. The van der Waals surface area contributed by atoms with Gasteiger partial charge >= 0.3 is 0 Å². The molecular weight excluding hydrogens is 316 g/mol. The number of halogens is 1. The Morgan fingerprint density at radius 1 is 1.00 bits per heavy atom. The lowest BCUT2D eigenvalue weighted by atomic mass is 10.1. The smallest absolute Gasteiger partial charge is 0.258 e. The molecule has 1 heterocycles. The molecule has 0 aliphatic carbocycles. The fourth-order valence-electron chi connectivity index (χ4n) is 2.16. The molecule has 0 saturated heterocycles. The van der Waals surface area contributed by atoms with Crippen LogP contribution in [-0.2, 0) is 6.42 Å². The van der Waals surface area contributed by atoms with Crippen LogP contribution >= 0.6 is 11.6 Å². The van der Waals surface area contributed by atoms with Gasteiger partial charge in [0, 0.05) is 23.1 Å². The molecular formula is C17H15ClN2O3. The second kappa shape index (κ2) is 6.71. The highest BCUT2D eigenvalue weighted by atomic mass is 35.5. The molecule has 0 aliphatic rings. The molecule has 118 valence electrons. The van der Waals surface area contributed by atoms with E-state index in [-0.39, 0.29) is 0 Å². The Hall–Kier alpha value is -2.53. The van der Waals surface area contributed by atoms with Gasteiger partial charge in [-0.25, -0.2) is 0 Å². The van der Waals surface area contributed by atoms with Gasteiger partial charge in [0.2, 0.25) is 0 Å². The van der Waals surface area contributed by atoms with Crippen LogP contribution in [0.3, 0.4) is 0 Å². The highest BCUT2D eigenvalue weighted by Gasteiger charge is 2.12. The predicted molar refractivity (Wildman–Crippen MR) is 87.1 cm³/mol. The number of hydrogen-bond donors (Lipinski definition) is 0. The molecule has 23 heavy (non-hydrogen) atoms. The van der Waals surface area contributed by atoms with E-state index in [0.29, 0.717) is 34.7 Å². The zero-order chi connectivity index (χ0) is 16.2. The highest BCUT2D eigenvalue weighted by Crippen LogP contribution is 2.29. The van der Waals surface area contributed by atoms with Crippen molar-refractivity contribution in [3.8, 4) is 23.0 Å². The fourth-order valence-corrected chi connectivity index (χ4v) is 2.28. The highest BCUT2D eigenvalue weighted by molar-refractivity contribution is 6.30.